The van der Waals surface area contributed by atoms with Gasteiger partial charge in [0.15, 0.2) is 0 Å². The summed E-state index contributed by atoms with van der Waals surface area (Å²) < 4.78 is 4.05. The Labute approximate surface area is 153 Å². The van der Waals surface area contributed by atoms with Crippen LogP contribution in [0.15, 0.2) is 18.6 Å². The molecule has 0 bridgehead atoms. The van der Waals surface area contributed by atoms with Gasteiger partial charge < -0.3 is 9.47 Å². The van der Waals surface area contributed by atoms with Crippen LogP contribution in [0, 0.1) is 11.3 Å². The maximum absolute atomic E-state index is 13.1. The van der Waals surface area contributed by atoms with Crippen molar-refractivity contribution in [3.63, 3.8) is 0 Å². The van der Waals surface area contributed by atoms with E-state index in [-0.39, 0.29) is 11.3 Å². The van der Waals surface area contributed by atoms with Gasteiger partial charge in [-0.2, -0.15) is 5.10 Å². The molecule has 7 heteroatoms. The smallest absolute Gasteiger partial charge is 0.272 e. The molecule has 0 aromatic carbocycles. The van der Waals surface area contributed by atoms with Crippen LogP contribution in [0.1, 0.15) is 61.3 Å². The molecule has 0 N–H and O–H groups in total. The van der Waals surface area contributed by atoms with Gasteiger partial charge >= 0.3 is 0 Å². The molecule has 1 unspecified atom stereocenters. The highest BCUT2D eigenvalue weighted by molar-refractivity contribution is 5.92. The molecule has 26 heavy (non-hydrogen) atoms. The number of hydrogen-bond acceptors (Lipinski definition) is 4. The van der Waals surface area contributed by atoms with Gasteiger partial charge in [0, 0.05) is 38.3 Å². The number of hydrogen-bond donors (Lipinski definition) is 0. The summed E-state index contributed by atoms with van der Waals surface area (Å²) in [5.41, 5.74) is 0.892. The lowest BCUT2D eigenvalue weighted by atomic mass is 9.62. The van der Waals surface area contributed by atoms with Crippen molar-refractivity contribution < 1.29 is 4.79 Å². The van der Waals surface area contributed by atoms with Crippen LogP contribution in [0.2, 0.25) is 0 Å². The van der Waals surface area contributed by atoms with E-state index in [9.17, 15) is 4.79 Å². The van der Waals surface area contributed by atoms with Crippen molar-refractivity contribution in [1.82, 2.24) is 29.4 Å². The Hall–Kier alpha value is -2.18. The molecule has 7 nitrogen and oxygen atoms in total. The van der Waals surface area contributed by atoms with Gasteiger partial charge in [0.05, 0.1) is 0 Å². The van der Waals surface area contributed by atoms with Crippen LogP contribution in [0.4, 0.5) is 0 Å². The molecule has 3 aliphatic rings. The molecule has 3 fully saturated rings. The number of carbonyl (C=O) groups excluding carboxylic acids is 1. The topological polar surface area (TPSA) is 68.8 Å². The molecule has 1 amide bonds. The first-order chi connectivity index (χ1) is 12.7. The summed E-state index contributed by atoms with van der Waals surface area (Å²) in [7, 11) is 0. The largest absolute Gasteiger partial charge is 0.336 e. The van der Waals surface area contributed by atoms with Crippen molar-refractivity contribution in [2.45, 2.75) is 58.0 Å². The third-order valence-electron chi connectivity index (χ3n) is 6.63. The lowest BCUT2D eigenvalue weighted by Gasteiger charge is -2.42. The highest BCUT2D eigenvalue weighted by Gasteiger charge is 2.54. The molecule has 2 aromatic heterocycles. The van der Waals surface area contributed by atoms with E-state index in [0.717, 1.165) is 31.4 Å². The van der Waals surface area contributed by atoms with Crippen LogP contribution in [0.3, 0.4) is 0 Å². The van der Waals surface area contributed by atoms with Crippen LogP contribution in [-0.2, 0) is 13.1 Å². The Morgan fingerprint density at radius 1 is 1.35 bits per heavy atom. The molecule has 0 radical (unpaired) electrons. The molecule has 2 saturated carbocycles. The number of rotatable bonds is 5. The fraction of sp³-hybridized carbons (Fsp3) is 0.684. The predicted molar refractivity (Wildman–Crippen MR) is 95.6 cm³/mol. The Kier molecular flexibility index (Phi) is 3.65. The normalized spacial score (nSPS) is 24.2. The summed E-state index contributed by atoms with van der Waals surface area (Å²) in [4.78, 5) is 15.2. The second-order valence-corrected chi connectivity index (χ2v) is 8.27. The maximum Gasteiger partial charge on any atom is 0.272 e. The molecule has 2 aliphatic carbocycles. The van der Waals surface area contributed by atoms with E-state index in [4.69, 9.17) is 0 Å². The van der Waals surface area contributed by atoms with Crippen molar-refractivity contribution in [2.24, 2.45) is 11.3 Å². The van der Waals surface area contributed by atoms with Gasteiger partial charge in [-0.25, -0.2) is 0 Å². The van der Waals surface area contributed by atoms with E-state index in [2.05, 4.69) is 19.9 Å². The number of amides is 1. The SMILES string of the molecule is CCn1nccc1C(=O)N1CC(c2nncn2CC2CC2)C2(CCC2)C1. The Bertz CT molecular complexity index is 816. The fourth-order valence-corrected chi connectivity index (χ4v) is 4.80. The van der Waals surface area contributed by atoms with E-state index >= 15 is 0 Å². The highest BCUT2D eigenvalue weighted by Crippen LogP contribution is 2.55. The molecule has 2 aromatic rings. The third-order valence-corrected chi connectivity index (χ3v) is 6.63. The third kappa shape index (κ3) is 2.47. The lowest BCUT2D eigenvalue weighted by molar-refractivity contribution is 0.0711. The minimum Gasteiger partial charge on any atom is -0.336 e. The van der Waals surface area contributed by atoms with E-state index in [1.54, 1.807) is 10.9 Å². The molecular formula is C19H26N6O. The highest BCUT2D eigenvalue weighted by atomic mass is 16.2. The average Bonchev–Trinajstić information content (AvgIpc) is 3.05. The first-order valence-electron chi connectivity index (χ1n) is 9.89. The van der Waals surface area contributed by atoms with Crippen molar-refractivity contribution in [3.05, 3.63) is 30.1 Å². The first-order valence-corrected chi connectivity index (χ1v) is 9.89. The van der Waals surface area contributed by atoms with Gasteiger partial charge in [-0.15, -0.1) is 10.2 Å². The maximum atomic E-state index is 13.1. The standard InChI is InChI=1S/C19H26N6O/c1-2-25-16(6-9-21-25)18(26)23-11-15(19(12-23)7-3-8-19)17-22-20-13-24(17)10-14-4-5-14/h6,9,13-15H,2-5,7-8,10-12H2,1H3. The van der Waals surface area contributed by atoms with E-state index in [1.807, 2.05) is 24.2 Å². The van der Waals surface area contributed by atoms with Crippen molar-refractivity contribution in [1.29, 1.82) is 0 Å². The molecule has 1 saturated heterocycles. The van der Waals surface area contributed by atoms with Gasteiger partial charge in [0.1, 0.15) is 17.8 Å². The van der Waals surface area contributed by atoms with Crippen molar-refractivity contribution in [3.8, 4) is 0 Å². The lowest BCUT2D eigenvalue weighted by Crippen LogP contribution is -2.38. The van der Waals surface area contributed by atoms with Gasteiger partial charge in [0.25, 0.3) is 5.91 Å². The average molecular weight is 354 g/mol. The van der Waals surface area contributed by atoms with Crippen LogP contribution in [0.5, 0.6) is 0 Å². The molecule has 1 spiro atoms. The molecule has 1 atom stereocenters. The molecule has 3 heterocycles. The van der Waals surface area contributed by atoms with Gasteiger partial charge in [0.2, 0.25) is 0 Å². The Morgan fingerprint density at radius 2 is 2.19 bits per heavy atom. The minimum absolute atomic E-state index is 0.103. The Balaban J connectivity index is 1.42. The second kappa shape index (κ2) is 5.93. The molecular weight excluding hydrogens is 328 g/mol. The van der Waals surface area contributed by atoms with Crippen LogP contribution >= 0.6 is 0 Å². The fourth-order valence-electron chi connectivity index (χ4n) is 4.80. The van der Waals surface area contributed by atoms with Crippen molar-refractivity contribution >= 4 is 5.91 Å². The predicted octanol–water partition coefficient (Wildman–Crippen LogP) is 2.31. The van der Waals surface area contributed by atoms with Crippen molar-refractivity contribution in [2.75, 3.05) is 13.1 Å². The number of likely N-dealkylation sites (tertiary alicyclic amines) is 1. The zero-order chi connectivity index (χ0) is 17.7. The summed E-state index contributed by atoms with van der Waals surface area (Å²) in [5.74, 6) is 2.29. The van der Waals surface area contributed by atoms with E-state index in [0.29, 0.717) is 18.2 Å². The second-order valence-electron chi connectivity index (χ2n) is 8.27. The zero-order valence-electron chi connectivity index (χ0n) is 15.3. The molecule has 5 rings (SSSR count). The summed E-state index contributed by atoms with van der Waals surface area (Å²) >= 11 is 0. The summed E-state index contributed by atoms with van der Waals surface area (Å²) in [5, 5.41) is 13.0. The van der Waals surface area contributed by atoms with Crippen LogP contribution in [0.25, 0.3) is 0 Å². The van der Waals surface area contributed by atoms with Gasteiger partial charge in [-0.3, -0.25) is 9.48 Å². The Morgan fingerprint density at radius 3 is 2.88 bits per heavy atom. The summed E-state index contributed by atoms with van der Waals surface area (Å²) in [6, 6.07) is 1.84. The quantitative estimate of drug-likeness (QED) is 0.826. The van der Waals surface area contributed by atoms with Crippen LogP contribution in [-0.4, -0.2) is 48.4 Å². The summed E-state index contributed by atoms with van der Waals surface area (Å²) in [6.07, 6.45) is 9.86. The monoisotopic (exact) mass is 354 g/mol. The number of aryl methyl sites for hydroxylation is 1. The first kappa shape index (κ1) is 16.0. The number of carbonyl (C=O) groups is 1. The molecule has 1 aliphatic heterocycles. The van der Waals surface area contributed by atoms with E-state index in [1.165, 1.54) is 32.1 Å². The van der Waals surface area contributed by atoms with Gasteiger partial charge in [-0.1, -0.05) is 6.42 Å². The van der Waals surface area contributed by atoms with E-state index < -0.39 is 0 Å². The number of aromatic nitrogens is 5. The number of nitrogens with zero attached hydrogens (tertiary/aromatic N) is 6. The summed E-state index contributed by atoms with van der Waals surface area (Å²) in [6.45, 7) is 5.35. The van der Waals surface area contributed by atoms with Gasteiger partial charge in [-0.05, 0) is 50.0 Å². The molecule has 138 valence electrons. The zero-order valence-corrected chi connectivity index (χ0v) is 15.3. The van der Waals surface area contributed by atoms with Crippen LogP contribution < -0.4 is 0 Å². The minimum atomic E-state index is 0.103.